The summed E-state index contributed by atoms with van der Waals surface area (Å²) in [6.07, 6.45) is 0.779. The molecule has 1 rings (SSSR count). The normalized spacial score (nSPS) is 10.2. The number of aliphatic hydroxyl groups excluding tert-OH is 1. The van der Waals surface area contributed by atoms with Crippen molar-refractivity contribution in [3.8, 4) is 5.75 Å². The zero-order valence-corrected chi connectivity index (χ0v) is 11.8. The molecule has 1 amide bonds. The van der Waals surface area contributed by atoms with Crippen LogP contribution in [0.5, 0.6) is 5.75 Å². The van der Waals surface area contributed by atoms with E-state index in [4.69, 9.17) is 15.6 Å². The first-order valence-electron chi connectivity index (χ1n) is 6.09. The summed E-state index contributed by atoms with van der Waals surface area (Å²) in [6, 6.07) is 5.00. The number of benzene rings is 1. The standard InChI is InChI=1S/C13H20N2O3S/c1-18-10-3-4-12(14)11(9-10)13(17)15-5-8-19-7-2-6-16/h3-4,9,16H,2,5-8,14H2,1H3,(H,15,17). The van der Waals surface area contributed by atoms with Crippen LogP contribution in [0.25, 0.3) is 0 Å². The molecule has 1 aromatic carbocycles. The number of methoxy groups -OCH3 is 1. The summed E-state index contributed by atoms with van der Waals surface area (Å²) in [4.78, 5) is 11.9. The fourth-order valence-corrected chi connectivity index (χ4v) is 2.24. The summed E-state index contributed by atoms with van der Waals surface area (Å²) < 4.78 is 5.07. The minimum absolute atomic E-state index is 0.195. The van der Waals surface area contributed by atoms with Gasteiger partial charge in [0, 0.05) is 24.6 Å². The molecule has 0 aliphatic heterocycles. The molecule has 0 aromatic heterocycles. The molecule has 0 radical (unpaired) electrons. The molecular weight excluding hydrogens is 264 g/mol. The molecule has 0 saturated heterocycles. The van der Waals surface area contributed by atoms with Gasteiger partial charge >= 0.3 is 0 Å². The van der Waals surface area contributed by atoms with E-state index >= 15 is 0 Å². The van der Waals surface area contributed by atoms with Crippen molar-refractivity contribution in [2.45, 2.75) is 6.42 Å². The van der Waals surface area contributed by atoms with Gasteiger partial charge in [0.25, 0.3) is 5.91 Å². The first-order valence-corrected chi connectivity index (χ1v) is 7.25. The van der Waals surface area contributed by atoms with Gasteiger partial charge in [-0.3, -0.25) is 4.79 Å². The number of amides is 1. The Morgan fingerprint density at radius 2 is 2.26 bits per heavy atom. The monoisotopic (exact) mass is 284 g/mol. The summed E-state index contributed by atoms with van der Waals surface area (Å²) in [5.74, 6) is 2.12. The predicted octanol–water partition coefficient (Wildman–Crippen LogP) is 1.12. The number of rotatable bonds is 8. The van der Waals surface area contributed by atoms with Crippen LogP contribution in [-0.2, 0) is 0 Å². The first kappa shape index (κ1) is 15.7. The lowest BCUT2D eigenvalue weighted by molar-refractivity contribution is 0.0956. The number of aliphatic hydroxyl groups is 1. The van der Waals surface area contributed by atoms with E-state index in [1.54, 1.807) is 37.1 Å². The van der Waals surface area contributed by atoms with Crippen molar-refractivity contribution in [1.29, 1.82) is 0 Å². The van der Waals surface area contributed by atoms with Gasteiger partial charge in [-0.1, -0.05) is 0 Å². The van der Waals surface area contributed by atoms with Gasteiger partial charge in [-0.25, -0.2) is 0 Å². The highest BCUT2D eigenvalue weighted by Gasteiger charge is 2.10. The third kappa shape index (κ3) is 5.40. The summed E-state index contributed by atoms with van der Waals surface area (Å²) in [5.41, 5.74) is 6.63. The second kappa shape index (κ2) is 8.66. The number of carbonyl (C=O) groups excluding carboxylic acids is 1. The van der Waals surface area contributed by atoms with Crippen molar-refractivity contribution < 1.29 is 14.6 Å². The van der Waals surface area contributed by atoms with Gasteiger partial charge < -0.3 is 20.9 Å². The third-order valence-corrected chi connectivity index (χ3v) is 3.55. The van der Waals surface area contributed by atoms with E-state index in [2.05, 4.69) is 5.32 Å². The van der Waals surface area contributed by atoms with Gasteiger partial charge in [0.2, 0.25) is 0 Å². The van der Waals surface area contributed by atoms with Crippen molar-refractivity contribution in [1.82, 2.24) is 5.32 Å². The van der Waals surface area contributed by atoms with Gasteiger partial charge in [0.15, 0.2) is 0 Å². The molecular formula is C13H20N2O3S. The largest absolute Gasteiger partial charge is 0.497 e. The maximum absolute atomic E-state index is 11.9. The molecule has 106 valence electrons. The van der Waals surface area contributed by atoms with Crippen LogP contribution < -0.4 is 15.8 Å². The molecule has 0 bridgehead atoms. The van der Waals surface area contributed by atoms with Crippen molar-refractivity contribution in [2.24, 2.45) is 0 Å². The number of nitrogen functional groups attached to an aromatic ring is 1. The van der Waals surface area contributed by atoms with Crippen LogP contribution >= 0.6 is 11.8 Å². The van der Waals surface area contributed by atoms with E-state index in [1.165, 1.54) is 0 Å². The lowest BCUT2D eigenvalue weighted by Gasteiger charge is -2.09. The second-order valence-electron chi connectivity index (χ2n) is 3.90. The Morgan fingerprint density at radius 3 is 2.95 bits per heavy atom. The van der Waals surface area contributed by atoms with E-state index in [0.717, 1.165) is 17.9 Å². The molecule has 0 heterocycles. The molecule has 1 aromatic rings. The minimum atomic E-state index is -0.195. The van der Waals surface area contributed by atoms with Crippen molar-refractivity contribution >= 4 is 23.4 Å². The van der Waals surface area contributed by atoms with Crippen LogP contribution in [0.15, 0.2) is 18.2 Å². The Labute approximate surface area is 117 Å². The quantitative estimate of drug-likeness (QED) is 0.492. The van der Waals surface area contributed by atoms with Crippen molar-refractivity contribution in [3.05, 3.63) is 23.8 Å². The number of anilines is 1. The average molecular weight is 284 g/mol. The topological polar surface area (TPSA) is 84.6 Å². The van der Waals surface area contributed by atoms with E-state index in [0.29, 0.717) is 23.5 Å². The first-order chi connectivity index (χ1) is 9.19. The molecule has 0 spiro atoms. The maximum Gasteiger partial charge on any atom is 0.253 e. The SMILES string of the molecule is COc1ccc(N)c(C(=O)NCCSCCCO)c1. The van der Waals surface area contributed by atoms with Gasteiger partial charge in [-0.2, -0.15) is 11.8 Å². The van der Waals surface area contributed by atoms with Crippen LogP contribution in [-0.4, -0.2) is 42.8 Å². The third-order valence-electron chi connectivity index (χ3n) is 2.48. The Morgan fingerprint density at radius 1 is 1.47 bits per heavy atom. The number of ether oxygens (including phenoxy) is 1. The summed E-state index contributed by atoms with van der Waals surface area (Å²) >= 11 is 1.70. The van der Waals surface area contributed by atoms with E-state index in [-0.39, 0.29) is 12.5 Å². The van der Waals surface area contributed by atoms with Gasteiger partial charge in [0.05, 0.1) is 12.7 Å². The molecule has 0 unspecified atom stereocenters. The number of hydrogen-bond acceptors (Lipinski definition) is 5. The lowest BCUT2D eigenvalue weighted by Crippen LogP contribution is -2.26. The van der Waals surface area contributed by atoms with Gasteiger partial charge in [-0.05, 0) is 30.4 Å². The minimum Gasteiger partial charge on any atom is -0.497 e. The zero-order valence-electron chi connectivity index (χ0n) is 11.0. The van der Waals surface area contributed by atoms with Crippen LogP contribution in [0.4, 0.5) is 5.69 Å². The molecule has 0 aliphatic rings. The molecule has 0 saturated carbocycles. The van der Waals surface area contributed by atoms with Gasteiger partial charge in [-0.15, -0.1) is 0 Å². The van der Waals surface area contributed by atoms with Crippen LogP contribution in [0, 0.1) is 0 Å². The van der Waals surface area contributed by atoms with Crippen LogP contribution in [0.1, 0.15) is 16.8 Å². The zero-order chi connectivity index (χ0) is 14.1. The molecule has 0 fully saturated rings. The smallest absolute Gasteiger partial charge is 0.253 e. The number of carbonyl (C=O) groups is 1. The molecule has 6 heteroatoms. The highest BCUT2D eigenvalue weighted by Crippen LogP contribution is 2.19. The number of nitrogens with two attached hydrogens (primary N) is 1. The Bertz CT molecular complexity index is 413. The highest BCUT2D eigenvalue weighted by atomic mass is 32.2. The van der Waals surface area contributed by atoms with E-state index in [9.17, 15) is 4.79 Å². The average Bonchev–Trinajstić information content (AvgIpc) is 2.43. The van der Waals surface area contributed by atoms with Crippen molar-refractivity contribution in [3.63, 3.8) is 0 Å². The summed E-state index contributed by atoms with van der Waals surface area (Å²) in [7, 11) is 1.55. The second-order valence-corrected chi connectivity index (χ2v) is 5.12. The van der Waals surface area contributed by atoms with Crippen molar-refractivity contribution in [2.75, 3.05) is 37.5 Å². The van der Waals surface area contributed by atoms with Crippen LogP contribution in [0.3, 0.4) is 0 Å². The maximum atomic E-state index is 11.9. The summed E-state index contributed by atoms with van der Waals surface area (Å²) in [5, 5.41) is 11.4. The fraction of sp³-hybridized carbons (Fsp3) is 0.462. The van der Waals surface area contributed by atoms with E-state index in [1.807, 2.05) is 0 Å². The molecule has 4 N–H and O–H groups in total. The molecule has 0 atom stereocenters. The Balaban J connectivity index is 2.40. The van der Waals surface area contributed by atoms with Crippen LogP contribution in [0.2, 0.25) is 0 Å². The molecule has 5 nitrogen and oxygen atoms in total. The van der Waals surface area contributed by atoms with E-state index < -0.39 is 0 Å². The molecule has 19 heavy (non-hydrogen) atoms. The van der Waals surface area contributed by atoms with Gasteiger partial charge in [0.1, 0.15) is 5.75 Å². The lowest BCUT2D eigenvalue weighted by atomic mass is 10.1. The Kier molecular flexibility index (Phi) is 7.14. The predicted molar refractivity (Wildman–Crippen MR) is 78.8 cm³/mol. The Hall–Kier alpha value is -1.40. The fourth-order valence-electron chi connectivity index (χ4n) is 1.46. The number of hydrogen-bond donors (Lipinski definition) is 3. The number of nitrogens with one attached hydrogen (secondary N) is 1. The summed E-state index contributed by atoms with van der Waals surface area (Å²) in [6.45, 7) is 0.783. The number of thioether (sulfide) groups is 1. The molecule has 0 aliphatic carbocycles. The highest BCUT2D eigenvalue weighted by molar-refractivity contribution is 7.99.